The highest BCUT2D eigenvalue weighted by Crippen LogP contribution is 2.29. The molecule has 8 nitrogen and oxygen atoms in total. The van der Waals surface area contributed by atoms with Crippen molar-refractivity contribution in [3.63, 3.8) is 0 Å². The summed E-state index contributed by atoms with van der Waals surface area (Å²) in [4.78, 5) is 36.4. The van der Waals surface area contributed by atoms with Crippen LogP contribution < -0.4 is 0 Å². The van der Waals surface area contributed by atoms with Crippen molar-refractivity contribution in [2.75, 3.05) is 0 Å². The molecule has 0 unspecified atom stereocenters. The average molecular weight is 1080 g/mol. The third-order valence-electron chi connectivity index (χ3n) is 15.9. The third-order valence-corrected chi connectivity index (χ3v) is 15.9. The molecular formula is C74H82N8. The van der Waals surface area contributed by atoms with E-state index in [1.807, 2.05) is 53.9 Å². The predicted octanol–water partition coefficient (Wildman–Crippen LogP) is 18.7. The minimum Gasteiger partial charge on any atom is -0.260 e. The zero-order valence-corrected chi connectivity index (χ0v) is 52.3. The van der Waals surface area contributed by atoms with Gasteiger partial charge < -0.3 is 0 Å². The van der Waals surface area contributed by atoms with E-state index < -0.39 is 0 Å². The maximum atomic E-state index is 4.85. The Labute approximate surface area is 488 Å². The SMILES string of the molecule is Cc1cc(C)c(C)nc1C.Cc1cc2ccc3cc(C)c(C)nc3c2nc1C.Cc1ccc(-c2cccc(-c3ccc(C)c(C)c3)n2)cc1C.Cc1ccc(-c2cncc(-c3ccc(C)c(C)c3)n2)cc1C.Cc1nc(C)c(C)nc1C. The van der Waals surface area contributed by atoms with Crippen LogP contribution in [0.15, 0.2) is 134 Å². The molecule has 82 heavy (non-hydrogen) atoms. The fourth-order valence-corrected chi connectivity index (χ4v) is 9.06. The summed E-state index contributed by atoms with van der Waals surface area (Å²) in [6.45, 7) is 41.5. The van der Waals surface area contributed by atoms with Crippen LogP contribution in [0.2, 0.25) is 0 Å². The minimum absolute atomic E-state index is 0.916. The van der Waals surface area contributed by atoms with Gasteiger partial charge in [0.25, 0.3) is 0 Å². The first-order valence-corrected chi connectivity index (χ1v) is 28.3. The van der Waals surface area contributed by atoms with E-state index in [2.05, 4.69) is 238 Å². The van der Waals surface area contributed by atoms with Crippen LogP contribution in [0.1, 0.15) is 112 Å². The molecule has 6 aromatic heterocycles. The Hall–Kier alpha value is -8.62. The standard InChI is InChI=1S/C21H21N.C20H20N2.C16H16N2.C9H13N.C8H12N2/c1-14-8-10-18(12-16(14)3)20-6-5-7-21(22-20)19-11-9-15(2)17(4)13-19;1-13-5-7-17(9-15(13)3)19-11-21-12-20(22-19)18-8-6-14(2)16(4)10-18;1-9-7-13-5-6-14-8-10(2)12(4)18-16(14)15(13)17-11(9)3;1-6-5-7(2)9(4)10-8(6)3;1-5-6(2)10-8(4)7(3)9-5/h5-13H,1-4H3;5-12H,1-4H3;5-8H,1-4H3;5H,1-4H3;1-4H3. The van der Waals surface area contributed by atoms with Gasteiger partial charge in [0.2, 0.25) is 0 Å². The molecule has 418 valence electrons. The number of aryl methyl sites for hydroxylation is 20. The molecular weight excluding hydrogens is 1000 g/mol. The van der Waals surface area contributed by atoms with Gasteiger partial charge in [-0.15, -0.1) is 0 Å². The van der Waals surface area contributed by atoms with Gasteiger partial charge in [-0.1, -0.05) is 72.8 Å². The van der Waals surface area contributed by atoms with E-state index in [4.69, 9.17) is 19.9 Å². The van der Waals surface area contributed by atoms with E-state index in [-0.39, 0.29) is 0 Å². The Morgan fingerprint density at radius 1 is 0.207 bits per heavy atom. The van der Waals surface area contributed by atoms with Crippen LogP contribution in [0.4, 0.5) is 0 Å². The van der Waals surface area contributed by atoms with Gasteiger partial charge in [-0.3, -0.25) is 29.9 Å². The lowest BCUT2D eigenvalue weighted by Gasteiger charge is -2.08. The Morgan fingerprint density at radius 3 is 0.805 bits per heavy atom. The van der Waals surface area contributed by atoms with Crippen LogP contribution >= 0.6 is 0 Å². The van der Waals surface area contributed by atoms with Crippen LogP contribution in [-0.4, -0.2) is 39.9 Å². The van der Waals surface area contributed by atoms with Crippen LogP contribution in [0.25, 0.3) is 66.8 Å². The summed E-state index contributed by atoms with van der Waals surface area (Å²) in [5, 5.41) is 2.34. The van der Waals surface area contributed by atoms with E-state index in [1.54, 1.807) is 0 Å². The highest BCUT2D eigenvalue weighted by Gasteiger charge is 2.10. The first-order chi connectivity index (χ1) is 38.9. The molecule has 6 heterocycles. The van der Waals surface area contributed by atoms with Crippen molar-refractivity contribution in [3.8, 4) is 45.0 Å². The molecule has 5 aromatic carbocycles. The minimum atomic E-state index is 0.916. The molecule has 0 amide bonds. The number of benzene rings is 5. The molecule has 0 N–H and O–H groups in total. The molecule has 0 aliphatic rings. The Bertz CT molecular complexity index is 3620. The van der Waals surface area contributed by atoms with E-state index in [1.165, 1.54) is 88.7 Å². The number of pyridine rings is 4. The average Bonchev–Trinajstić information content (AvgIpc) is 3.64. The van der Waals surface area contributed by atoms with Crippen molar-refractivity contribution >= 4 is 21.8 Å². The molecule has 0 saturated carbocycles. The molecule has 8 heteroatoms. The van der Waals surface area contributed by atoms with Crippen molar-refractivity contribution in [1.29, 1.82) is 0 Å². The first kappa shape index (κ1) is 61.0. The van der Waals surface area contributed by atoms with Crippen LogP contribution in [0.3, 0.4) is 0 Å². The summed E-state index contributed by atoms with van der Waals surface area (Å²) in [6, 6.07) is 42.9. The lowest BCUT2D eigenvalue weighted by molar-refractivity contribution is 0.959. The van der Waals surface area contributed by atoms with Gasteiger partial charge in [-0.2, -0.15) is 0 Å². The van der Waals surface area contributed by atoms with Crippen molar-refractivity contribution in [2.45, 2.75) is 138 Å². The second-order valence-corrected chi connectivity index (χ2v) is 22.2. The van der Waals surface area contributed by atoms with Gasteiger partial charge in [0, 0.05) is 55.8 Å². The Balaban J connectivity index is 0.000000153. The maximum Gasteiger partial charge on any atom is 0.0968 e. The number of nitrogens with zero attached hydrogens (tertiary/aromatic N) is 8. The van der Waals surface area contributed by atoms with Crippen LogP contribution in [0, 0.1) is 138 Å². The molecule has 0 bridgehead atoms. The van der Waals surface area contributed by atoms with E-state index in [0.717, 1.165) is 90.5 Å². The monoisotopic (exact) mass is 1080 g/mol. The number of hydrogen-bond donors (Lipinski definition) is 0. The van der Waals surface area contributed by atoms with Gasteiger partial charge in [0.15, 0.2) is 0 Å². The van der Waals surface area contributed by atoms with Crippen molar-refractivity contribution < 1.29 is 0 Å². The van der Waals surface area contributed by atoms with Crippen LogP contribution in [-0.2, 0) is 0 Å². The summed E-state index contributed by atoms with van der Waals surface area (Å²) < 4.78 is 0. The quantitative estimate of drug-likeness (QED) is 0.161. The summed E-state index contributed by atoms with van der Waals surface area (Å²) in [5.74, 6) is 0. The van der Waals surface area contributed by atoms with Crippen molar-refractivity contribution in [1.82, 2.24) is 39.9 Å². The van der Waals surface area contributed by atoms with E-state index in [0.29, 0.717) is 0 Å². The number of fused-ring (bicyclic) bond motifs is 3. The number of rotatable bonds is 4. The predicted molar refractivity (Wildman–Crippen MR) is 346 cm³/mol. The second kappa shape index (κ2) is 26.8. The number of hydrogen-bond acceptors (Lipinski definition) is 8. The molecule has 11 aromatic rings. The van der Waals surface area contributed by atoms with Gasteiger partial charge in [-0.25, -0.2) is 9.97 Å². The molecule has 0 fully saturated rings. The van der Waals surface area contributed by atoms with Gasteiger partial charge in [0.1, 0.15) is 0 Å². The third kappa shape index (κ3) is 15.2. The summed E-state index contributed by atoms with van der Waals surface area (Å²) in [7, 11) is 0. The lowest BCUT2D eigenvalue weighted by Crippen LogP contribution is -1.97. The van der Waals surface area contributed by atoms with E-state index in [9.17, 15) is 0 Å². The molecule has 0 saturated heterocycles. The van der Waals surface area contributed by atoms with Crippen molar-refractivity contribution in [2.24, 2.45) is 0 Å². The normalized spacial score (nSPS) is 10.7. The second-order valence-electron chi connectivity index (χ2n) is 22.2. The van der Waals surface area contributed by atoms with Gasteiger partial charge >= 0.3 is 0 Å². The van der Waals surface area contributed by atoms with Crippen molar-refractivity contribution in [3.05, 3.63) is 246 Å². The Morgan fingerprint density at radius 2 is 0.488 bits per heavy atom. The molecule has 0 atom stereocenters. The zero-order chi connectivity index (χ0) is 59.7. The van der Waals surface area contributed by atoms with Crippen LogP contribution in [0.5, 0.6) is 0 Å². The zero-order valence-electron chi connectivity index (χ0n) is 52.3. The first-order valence-electron chi connectivity index (χ1n) is 28.3. The topological polar surface area (TPSA) is 103 Å². The number of aromatic nitrogens is 8. The fraction of sp³-hybridized carbons (Fsp3) is 0.270. The molecule has 0 aliphatic carbocycles. The maximum absolute atomic E-state index is 4.85. The highest BCUT2D eigenvalue weighted by atomic mass is 14.8. The van der Waals surface area contributed by atoms with Gasteiger partial charge in [0.05, 0.1) is 69.0 Å². The highest BCUT2D eigenvalue weighted by molar-refractivity contribution is 6.03. The van der Waals surface area contributed by atoms with Gasteiger partial charge in [-0.05, 0) is 254 Å². The summed E-state index contributed by atoms with van der Waals surface area (Å²) in [6.07, 6.45) is 3.66. The fourth-order valence-electron chi connectivity index (χ4n) is 9.06. The Kier molecular flexibility index (Phi) is 19.9. The molecule has 0 spiro atoms. The lowest BCUT2D eigenvalue weighted by atomic mass is 10.0. The largest absolute Gasteiger partial charge is 0.260 e. The summed E-state index contributed by atoms with van der Waals surface area (Å²) >= 11 is 0. The molecule has 0 aliphatic heterocycles. The smallest absolute Gasteiger partial charge is 0.0968 e. The van der Waals surface area contributed by atoms with E-state index >= 15 is 0 Å². The molecule has 0 radical (unpaired) electrons. The molecule has 11 rings (SSSR count). The summed E-state index contributed by atoms with van der Waals surface area (Å²) in [5.41, 5.74) is 34.4.